The quantitative estimate of drug-likeness (QED) is 0.316. The number of hydrogen-bond acceptors (Lipinski definition) is 3. The highest BCUT2D eigenvalue weighted by molar-refractivity contribution is 5.77. The Labute approximate surface area is 144 Å². The Morgan fingerprint density at radius 1 is 0.739 bits per heavy atom. The van der Waals surface area contributed by atoms with Crippen molar-refractivity contribution in [2.45, 2.75) is 98.3 Å². The molecule has 0 aliphatic rings. The fourth-order valence-corrected chi connectivity index (χ4v) is 2.69. The first-order chi connectivity index (χ1) is 11.2. The van der Waals surface area contributed by atoms with Crippen LogP contribution in [0.5, 0.6) is 0 Å². The SMILES string of the molecule is CCCCCCC(CCC)C(=O)N(NCCCC)NCCCC. The lowest BCUT2D eigenvalue weighted by atomic mass is 9.95. The predicted octanol–water partition coefficient (Wildman–Crippen LogP) is 4.81. The van der Waals surface area contributed by atoms with E-state index in [1.165, 1.54) is 25.7 Å². The number of carbonyl (C=O) groups excluding carboxylic acids is 1. The molecule has 4 heteroatoms. The second-order valence-corrected chi connectivity index (χ2v) is 6.53. The lowest BCUT2D eigenvalue weighted by molar-refractivity contribution is -0.143. The van der Waals surface area contributed by atoms with Crippen LogP contribution in [0.4, 0.5) is 0 Å². The third-order valence-corrected chi connectivity index (χ3v) is 4.21. The van der Waals surface area contributed by atoms with Crippen molar-refractivity contribution < 1.29 is 4.79 Å². The van der Waals surface area contributed by atoms with Gasteiger partial charge in [0.1, 0.15) is 0 Å². The Kier molecular flexibility index (Phi) is 15.8. The summed E-state index contributed by atoms with van der Waals surface area (Å²) in [6.45, 7) is 10.5. The van der Waals surface area contributed by atoms with E-state index in [2.05, 4.69) is 38.5 Å². The van der Waals surface area contributed by atoms with E-state index < -0.39 is 0 Å². The smallest absolute Gasteiger partial charge is 0.254 e. The van der Waals surface area contributed by atoms with Gasteiger partial charge in [-0.25, -0.2) is 16.0 Å². The zero-order valence-corrected chi connectivity index (χ0v) is 16.1. The topological polar surface area (TPSA) is 44.4 Å². The highest BCUT2D eigenvalue weighted by Crippen LogP contribution is 2.18. The maximum absolute atomic E-state index is 12.9. The van der Waals surface area contributed by atoms with Crippen molar-refractivity contribution in [2.75, 3.05) is 13.1 Å². The van der Waals surface area contributed by atoms with Crippen molar-refractivity contribution >= 4 is 5.91 Å². The molecule has 0 aromatic rings. The van der Waals surface area contributed by atoms with Gasteiger partial charge >= 0.3 is 0 Å². The average molecular weight is 328 g/mol. The van der Waals surface area contributed by atoms with Gasteiger partial charge in [0, 0.05) is 19.0 Å². The van der Waals surface area contributed by atoms with Crippen LogP contribution in [0.1, 0.15) is 98.3 Å². The van der Waals surface area contributed by atoms with Crippen LogP contribution in [0.15, 0.2) is 0 Å². The zero-order chi connectivity index (χ0) is 17.3. The van der Waals surface area contributed by atoms with Crippen LogP contribution < -0.4 is 10.9 Å². The zero-order valence-electron chi connectivity index (χ0n) is 16.1. The molecule has 0 aromatic carbocycles. The summed E-state index contributed by atoms with van der Waals surface area (Å²) < 4.78 is 0. The number of nitrogens with zero attached hydrogens (tertiary/aromatic N) is 1. The van der Waals surface area contributed by atoms with E-state index in [4.69, 9.17) is 0 Å². The number of unbranched alkanes of at least 4 members (excludes halogenated alkanes) is 5. The van der Waals surface area contributed by atoms with Gasteiger partial charge < -0.3 is 0 Å². The van der Waals surface area contributed by atoms with E-state index in [0.29, 0.717) is 0 Å². The summed E-state index contributed by atoms with van der Waals surface area (Å²) >= 11 is 0. The monoisotopic (exact) mass is 327 g/mol. The molecule has 0 fully saturated rings. The average Bonchev–Trinajstić information content (AvgIpc) is 2.56. The van der Waals surface area contributed by atoms with Gasteiger partial charge in [-0.05, 0) is 25.7 Å². The molecule has 2 N–H and O–H groups in total. The molecular formula is C19H41N3O. The Balaban J connectivity index is 4.51. The molecular weight excluding hydrogens is 286 g/mol. The van der Waals surface area contributed by atoms with Crippen LogP contribution in [0.25, 0.3) is 0 Å². The summed E-state index contributed by atoms with van der Waals surface area (Å²) in [5.74, 6) is 0.385. The molecule has 1 amide bonds. The minimum atomic E-state index is 0.153. The summed E-state index contributed by atoms with van der Waals surface area (Å²) in [6, 6.07) is 0. The van der Waals surface area contributed by atoms with Crippen molar-refractivity contribution in [3.8, 4) is 0 Å². The molecule has 1 atom stereocenters. The lowest BCUT2D eigenvalue weighted by Gasteiger charge is -2.28. The maximum atomic E-state index is 12.9. The largest absolute Gasteiger partial charge is 0.272 e. The molecule has 0 aromatic heterocycles. The maximum Gasteiger partial charge on any atom is 0.254 e. The number of amides is 1. The van der Waals surface area contributed by atoms with Gasteiger partial charge in [-0.15, -0.1) is 0 Å². The predicted molar refractivity (Wildman–Crippen MR) is 99.8 cm³/mol. The van der Waals surface area contributed by atoms with Gasteiger partial charge in [0.25, 0.3) is 5.91 Å². The summed E-state index contributed by atoms with van der Waals surface area (Å²) in [5.41, 5.74) is 6.58. The van der Waals surface area contributed by atoms with E-state index in [-0.39, 0.29) is 11.8 Å². The van der Waals surface area contributed by atoms with Gasteiger partial charge in [0.05, 0.1) is 0 Å². The van der Waals surface area contributed by atoms with Crippen LogP contribution in [-0.4, -0.2) is 24.1 Å². The summed E-state index contributed by atoms with van der Waals surface area (Å²) in [5, 5.41) is 1.70. The molecule has 0 saturated heterocycles. The van der Waals surface area contributed by atoms with E-state index in [1.54, 1.807) is 5.12 Å². The number of hydrogen-bond donors (Lipinski definition) is 2. The molecule has 0 heterocycles. The number of hydrazine groups is 2. The first kappa shape index (κ1) is 22.4. The van der Waals surface area contributed by atoms with Crippen LogP contribution in [-0.2, 0) is 4.79 Å². The van der Waals surface area contributed by atoms with Crippen molar-refractivity contribution in [3.63, 3.8) is 0 Å². The number of rotatable bonds is 16. The Bertz CT molecular complexity index is 261. The number of carbonyl (C=O) groups is 1. The van der Waals surface area contributed by atoms with Crippen molar-refractivity contribution in [3.05, 3.63) is 0 Å². The summed E-state index contributed by atoms with van der Waals surface area (Å²) in [6.07, 6.45) is 12.5. The Morgan fingerprint density at radius 2 is 1.30 bits per heavy atom. The van der Waals surface area contributed by atoms with Gasteiger partial charge in [-0.3, -0.25) is 4.79 Å². The van der Waals surface area contributed by atoms with Crippen LogP contribution in [0.2, 0.25) is 0 Å². The summed E-state index contributed by atoms with van der Waals surface area (Å²) in [4.78, 5) is 12.9. The van der Waals surface area contributed by atoms with Crippen LogP contribution in [0.3, 0.4) is 0 Å². The van der Waals surface area contributed by atoms with E-state index in [1.807, 2.05) is 0 Å². The third-order valence-electron chi connectivity index (χ3n) is 4.21. The highest BCUT2D eigenvalue weighted by atomic mass is 16.2. The molecule has 4 nitrogen and oxygen atoms in total. The molecule has 0 bridgehead atoms. The summed E-state index contributed by atoms with van der Waals surface area (Å²) in [7, 11) is 0. The first-order valence-electron chi connectivity index (χ1n) is 10.0. The van der Waals surface area contributed by atoms with E-state index in [0.717, 1.165) is 58.0 Å². The molecule has 0 rings (SSSR count). The molecule has 1 unspecified atom stereocenters. The van der Waals surface area contributed by atoms with Crippen molar-refractivity contribution in [1.29, 1.82) is 0 Å². The number of nitrogens with one attached hydrogen (secondary N) is 2. The fraction of sp³-hybridized carbons (Fsp3) is 0.947. The molecule has 0 spiro atoms. The van der Waals surface area contributed by atoms with Crippen LogP contribution >= 0.6 is 0 Å². The van der Waals surface area contributed by atoms with Crippen molar-refractivity contribution in [2.24, 2.45) is 5.92 Å². The molecule has 0 aliphatic carbocycles. The van der Waals surface area contributed by atoms with E-state index in [9.17, 15) is 4.79 Å². The molecule has 23 heavy (non-hydrogen) atoms. The third kappa shape index (κ3) is 11.5. The molecule has 138 valence electrons. The Hall–Kier alpha value is -0.610. The molecule has 0 radical (unpaired) electrons. The van der Waals surface area contributed by atoms with Crippen molar-refractivity contribution in [1.82, 2.24) is 16.0 Å². The molecule has 0 saturated carbocycles. The van der Waals surface area contributed by atoms with Gasteiger partial charge in [-0.2, -0.15) is 0 Å². The van der Waals surface area contributed by atoms with E-state index >= 15 is 0 Å². The standard InChI is InChI=1S/C19H41N3O/c1-5-9-12-13-15-18(14-8-4)19(23)22(20-16-10-6-2)21-17-11-7-3/h18,20-21H,5-17H2,1-4H3. The first-order valence-corrected chi connectivity index (χ1v) is 10.0. The second-order valence-electron chi connectivity index (χ2n) is 6.53. The normalized spacial score (nSPS) is 12.3. The van der Waals surface area contributed by atoms with Gasteiger partial charge in [0.15, 0.2) is 0 Å². The minimum Gasteiger partial charge on any atom is -0.272 e. The Morgan fingerprint density at radius 3 is 1.78 bits per heavy atom. The lowest BCUT2D eigenvalue weighted by Crippen LogP contribution is -2.54. The van der Waals surface area contributed by atoms with Gasteiger partial charge in [-0.1, -0.05) is 72.6 Å². The second kappa shape index (κ2) is 16.3. The fourth-order valence-electron chi connectivity index (χ4n) is 2.69. The highest BCUT2D eigenvalue weighted by Gasteiger charge is 2.23. The minimum absolute atomic E-state index is 0.153. The van der Waals surface area contributed by atoms with Gasteiger partial charge in [0.2, 0.25) is 0 Å². The van der Waals surface area contributed by atoms with Crippen LogP contribution in [0, 0.1) is 5.92 Å². The molecule has 0 aliphatic heterocycles.